The van der Waals surface area contributed by atoms with Crippen LogP contribution in [0.4, 0.5) is 21.0 Å². The van der Waals surface area contributed by atoms with Gasteiger partial charge in [0, 0.05) is 37.0 Å². The first-order valence-corrected chi connectivity index (χ1v) is 12.8. The number of rotatable bonds is 1. The van der Waals surface area contributed by atoms with Gasteiger partial charge in [-0.1, -0.05) is 6.92 Å². The maximum atomic E-state index is 13.2. The summed E-state index contributed by atoms with van der Waals surface area (Å²) in [6.07, 6.45) is 1.51. The van der Waals surface area contributed by atoms with Gasteiger partial charge in [-0.2, -0.15) is 0 Å². The topological polar surface area (TPSA) is 101 Å². The van der Waals surface area contributed by atoms with Crippen LogP contribution >= 0.6 is 0 Å². The minimum absolute atomic E-state index is 0.251. The average molecular weight is 515 g/mol. The minimum atomic E-state index is -0.702. The van der Waals surface area contributed by atoms with Crippen LogP contribution in [0.2, 0.25) is 0 Å². The highest BCUT2D eigenvalue weighted by Gasteiger charge is 2.39. The third kappa shape index (κ3) is 5.94. The van der Waals surface area contributed by atoms with Gasteiger partial charge in [0.05, 0.1) is 17.9 Å². The third-order valence-corrected chi connectivity index (χ3v) is 6.26. The van der Waals surface area contributed by atoms with Crippen molar-refractivity contribution in [2.24, 2.45) is 0 Å². The van der Waals surface area contributed by atoms with Crippen LogP contribution in [0.25, 0.3) is 0 Å². The van der Waals surface area contributed by atoms with Gasteiger partial charge in [-0.15, -0.1) is 0 Å². The van der Waals surface area contributed by atoms with Crippen molar-refractivity contribution in [3.63, 3.8) is 0 Å². The molecule has 3 amide bonds. The fraction of sp³-hybridized carbons (Fsp3) is 0.593. The Morgan fingerprint density at radius 2 is 1.70 bits per heavy atom. The van der Waals surface area contributed by atoms with Crippen LogP contribution in [0.3, 0.4) is 0 Å². The Hall–Kier alpha value is -3.43. The van der Waals surface area contributed by atoms with Crippen molar-refractivity contribution in [3.05, 3.63) is 29.5 Å². The first-order valence-electron chi connectivity index (χ1n) is 12.8. The fourth-order valence-corrected chi connectivity index (χ4v) is 4.63. The average Bonchev–Trinajstić information content (AvgIpc) is 2.75. The quantitative estimate of drug-likeness (QED) is 0.589. The summed E-state index contributed by atoms with van der Waals surface area (Å²) < 4.78 is 17.3. The zero-order valence-corrected chi connectivity index (χ0v) is 22.8. The van der Waals surface area contributed by atoms with Crippen molar-refractivity contribution in [2.75, 3.05) is 36.5 Å². The van der Waals surface area contributed by atoms with Crippen LogP contribution in [0.1, 0.15) is 60.5 Å². The van der Waals surface area contributed by atoms with Gasteiger partial charge in [0.1, 0.15) is 29.6 Å². The fourth-order valence-electron chi connectivity index (χ4n) is 4.63. The molecule has 1 atom stereocenters. The molecule has 0 aliphatic carbocycles. The van der Waals surface area contributed by atoms with Crippen molar-refractivity contribution in [2.45, 2.75) is 78.7 Å². The summed E-state index contributed by atoms with van der Waals surface area (Å²) in [5, 5.41) is 2.96. The van der Waals surface area contributed by atoms with E-state index in [4.69, 9.17) is 14.2 Å². The molecule has 0 bridgehead atoms. The molecule has 0 spiro atoms. The maximum Gasteiger partial charge on any atom is 0.415 e. The van der Waals surface area contributed by atoms with E-state index in [2.05, 4.69) is 10.2 Å². The molecule has 10 heteroatoms. The smallest absolute Gasteiger partial charge is 0.415 e. The second-order valence-corrected chi connectivity index (χ2v) is 11.6. The monoisotopic (exact) mass is 514 g/mol. The lowest BCUT2D eigenvalue weighted by Gasteiger charge is -2.40. The molecule has 0 aromatic heterocycles. The van der Waals surface area contributed by atoms with Crippen LogP contribution in [0.15, 0.2) is 23.9 Å². The number of amides is 3. The second-order valence-electron chi connectivity index (χ2n) is 11.6. The van der Waals surface area contributed by atoms with Crippen molar-refractivity contribution < 1.29 is 28.6 Å². The van der Waals surface area contributed by atoms with E-state index < -0.39 is 23.3 Å². The van der Waals surface area contributed by atoms with E-state index in [-0.39, 0.29) is 12.0 Å². The number of hydrogen-bond donors (Lipinski definition) is 1. The highest BCUT2D eigenvalue weighted by Crippen LogP contribution is 2.40. The van der Waals surface area contributed by atoms with Gasteiger partial charge in [0.2, 0.25) is 5.91 Å². The number of hydrogen-bond acceptors (Lipinski definition) is 7. The summed E-state index contributed by atoms with van der Waals surface area (Å²) in [6.45, 7) is 15.3. The molecule has 4 rings (SSSR count). The molecule has 202 valence electrons. The van der Waals surface area contributed by atoms with Gasteiger partial charge >= 0.3 is 12.2 Å². The number of fused-ring (bicyclic) bond motifs is 3. The summed E-state index contributed by atoms with van der Waals surface area (Å²) in [7, 11) is 0. The van der Waals surface area contributed by atoms with E-state index in [9.17, 15) is 14.4 Å². The number of anilines is 2. The third-order valence-electron chi connectivity index (χ3n) is 6.26. The standard InChI is InChI=1S/C27H38N4O6/c1-8-20-23(32)28-19-13-17-15-29-10-11-30(24(33)36-26(2,3)4)16-18(29)9-12-35-22(17)14-21(19)31(20)25(34)37-27(5,6)7/h9,13-14,20H,8,10-12,15-16H2,1-7H3,(H,28,32)/b18-9-. The van der Waals surface area contributed by atoms with E-state index in [0.29, 0.717) is 56.3 Å². The maximum absolute atomic E-state index is 13.2. The van der Waals surface area contributed by atoms with Crippen LogP contribution in [0, 0.1) is 0 Å². The Balaban J connectivity index is 1.60. The number of nitrogens with zero attached hydrogens (tertiary/aromatic N) is 3. The molecule has 0 radical (unpaired) electrons. The zero-order valence-electron chi connectivity index (χ0n) is 22.8. The summed E-state index contributed by atoms with van der Waals surface area (Å²) in [5.41, 5.74) is 1.70. The lowest BCUT2D eigenvalue weighted by molar-refractivity contribution is -0.117. The van der Waals surface area contributed by atoms with Crippen LogP contribution in [0.5, 0.6) is 5.75 Å². The number of carbonyl (C=O) groups is 3. The normalized spacial score (nSPS) is 21.2. The summed E-state index contributed by atoms with van der Waals surface area (Å²) in [5.74, 6) is 0.391. The Bertz CT molecular complexity index is 1120. The lowest BCUT2D eigenvalue weighted by Crippen LogP contribution is -2.52. The summed E-state index contributed by atoms with van der Waals surface area (Å²) in [4.78, 5) is 44.0. The molecule has 37 heavy (non-hydrogen) atoms. The Morgan fingerprint density at radius 1 is 1.03 bits per heavy atom. The van der Waals surface area contributed by atoms with Gasteiger partial charge in [-0.05, 0) is 60.1 Å². The van der Waals surface area contributed by atoms with E-state index in [1.165, 1.54) is 4.90 Å². The van der Waals surface area contributed by atoms with Gasteiger partial charge in [0.15, 0.2) is 0 Å². The number of ether oxygens (including phenoxy) is 3. The largest absolute Gasteiger partial charge is 0.489 e. The molecule has 1 aromatic rings. The molecule has 3 aliphatic heterocycles. The van der Waals surface area contributed by atoms with Crippen LogP contribution in [-0.4, -0.2) is 71.4 Å². The molecule has 3 heterocycles. The molecule has 0 saturated carbocycles. The molecule has 10 nitrogen and oxygen atoms in total. The van der Waals surface area contributed by atoms with Gasteiger partial charge in [0.25, 0.3) is 0 Å². The lowest BCUT2D eigenvalue weighted by atomic mass is 10.0. The Labute approximate surface area is 218 Å². The minimum Gasteiger partial charge on any atom is -0.489 e. The number of piperazine rings is 1. The first kappa shape index (κ1) is 26.6. The highest BCUT2D eigenvalue weighted by atomic mass is 16.6. The molecule has 3 aliphatic rings. The van der Waals surface area contributed by atoms with Crippen molar-refractivity contribution in [3.8, 4) is 5.75 Å². The van der Waals surface area contributed by atoms with E-state index in [0.717, 1.165) is 11.3 Å². The van der Waals surface area contributed by atoms with E-state index in [1.54, 1.807) is 25.7 Å². The first-order chi connectivity index (χ1) is 17.3. The van der Waals surface area contributed by atoms with Crippen molar-refractivity contribution >= 4 is 29.5 Å². The molecule has 1 fully saturated rings. The number of nitrogens with one attached hydrogen (secondary N) is 1. The SMILES string of the molecule is CCC1C(=O)Nc2cc3c(cc2N1C(=O)OC(C)(C)C)OC/C=C1/CN(C(=O)OC(C)(C)C)CCN1C3. The van der Waals surface area contributed by atoms with Gasteiger partial charge in [-0.25, -0.2) is 9.59 Å². The summed E-state index contributed by atoms with van der Waals surface area (Å²) >= 11 is 0. The predicted octanol–water partition coefficient (Wildman–Crippen LogP) is 4.49. The summed E-state index contributed by atoms with van der Waals surface area (Å²) in [6, 6.07) is 3.00. The van der Waals surface area contributed by atoms with Crippen LogP contribution in [-0.2, 0) is 20.8 Å². The molecule has 1 N–H and O–H groups in total. The Kier molecular flexibility index (Phi) is 7.05. The zero-order chi connectivity index (χ0) is 27.1. The number of carbonyl (C=O) groups excluding carboxylic acids is 3. The van der Waals surface area contributed by atoms with Gasteiger partial charge < -0.3 is 29.3 Å². The number of benzene rings is 1. The van der Waals surface area contributed by atoms with Gasteiger partial charge in [-0.3, -0.25) is 9.69 Å². The Morgan fingerprint density at radius 3 is 2.35 bits per heavy atom. The second kappa shape index (κ2) is 9.79. The molecule has 1 aromatic carbocycles. The van der Waals surface area contributed by atoms with Crippen molar-refractivity contribution in [1.29, 1.82) is 0 Å². The van der Waals surface area contributed by atoms with Crippen molar-refractivity contribution in [1.82, 2.24) is 9.80 Å². The molecular formula is C27H38N4O6. The van der Waals surface area contributed by atoms with Crippen LogP contribution < -0.4 is 15.0 Å². The molecule has 1 unspecified atom stereocenters. The van der Waals surface area contributed by atoms with E-state index >= 15 is 0 Å². The predicted molar refractivity (Wildman–Crippen MR) is 140 cm³/mol. The molecule has 1 saturated heterocycles. The van der Waals surface area contributed by atoms with E-state index in [1.807, 2.05) is 45.9 Å². The highest BCUT2D eigenvalue weighted by molar-refractivity contribution is 6.10. The molecular weight excluding hydrogens is 476 g/mol.